The fraction of sp³-hybridized carbons (Fsp3) is 0.238. The number of halogens is 1. The van der Waals surface area contributed by atoms with Crippen molar-refractivity contribution in [2.45, 2.75) is 25.4 Å². The number of rotatable bonds is 6. The third kappa shape index (κ3) is 4.00. The molecule has 8 nitrogen and oxygen atoms in total. The number of hydrogen-bond acceptors (Lipinski definition) is 5. The molecule has 0 aliphatic heterocycles. The Labute approximate surface area is 170 Å². The van der Waals surface area contributed by atoms with E-state index in [1.807, 2.05) is 0 Å². The second kappa shape index (κ2) is 7.94. The SMILES string of the molecule is COc1cccc(-n2nc(C(=O)NC3CC3)c(=O)n(Cc3ccc(F)cc3)c2=O)c1. The first kappa shape index (κ1) is 19.6. The predicted octanol–water partition coefficient (Wildman–Crippen LogP) is 1.48. The molecule has 4 rings (SSSR count). The van der Waals surface area contributed by atoms with Crippen LogP contribution in [0.4, 0.5) is 4.39 Å². The summed E-state index contributed by atoms with van der Waals surface area (Å²) in [5.74, 6) is -0.576. The van der Waals surface area contributed by atoms with Crippen LogP contribution in [0.15, 0.2) is 58.1 Å². The van der Waals surface area contributed by atoms with E-state index in [9.17, 15) is 18.8 Å². The van der Waals surface area contributed by atoms with Gasteiger partial charge in [0, 0.05) is 12.1 Å². The Bertz CT molecular complexity index is 1210. The number of ether oxygens (including phenoxy) is 1. The van der Waals surface area contributed by atoms with E-state index in [0.717, 1.165) is 22.1 Å². The van der Waals surface area contributed by atoms with E-state index in [0.29, 0.717) is 17.0 Å². The molecule has 1 heterocycles. The van der Waals surface area contributed by atoms with Crippen molar-refractivity contribution < 1.29 is 13.9 Å². The molecule has 1 aromatic heterocycles. The molecule has 0 spiro atoms. The summed E-state index contributed by atoms with van der Waals surface area (Å²) in [5, 5.41) is 6.78. The molecule has 0 bridgehead atoms. The fourth-order valence-corrected chi connectivity index (χ4v) is 2.96. The van der Waals surface area contributed by atoms with Gasteiger partial charge in [-0.3, -0.25) is 14.2 Å². The fourth-order valence-electron chi connectivity index (χ4n) is 2.96. The molecule has 9 heteroatoms. The molecule has 1 amide bonds. The number of nitrogens with zero attached hydrogens (tertiary/aromatic N) is 3. The normalized spacial score (nSPS) is 13.1. The van der Waals surface area contributed by atoms with Crippen LogP contribution in [-0.4, -0.2) is 33.4 Å². The van der Waals surface area contributed by atoms with Crippen LogP contribution in [0, 0.1) is 5.82 Å². The van der Waals surface area contributed by atoms with Gasteiger partial charge in [0.25, 0.3) is 11.5 Å². The van der Waals surface area contributed by atoms with Crippen LogP contribution in [0.5, 0.6) is 5.75 Å². The van der Waals surface area contributed by atoms with Crippen LogP contribution < -0.4 is 21.3 Å². The minimum absolute atomic E-state index is 0.0152. The zero-order valence-corrected chi connectivity index (χ0v) is 16.2. The summed E-state index contributed by atoms with van der Waals surface area (Å²) < 4.78 is 20.3. The summed E-state index contributed by atoms with van der Waals surface area (Å²) in [6.45, 7) is -0.131. The topological polar surface area (TPSA) is 95.2 Å². The van der Waals surface area contributed by atoms with Gasteiger partial charge in [0.05, 0.1) is 19.3 Å². The van der Waals surface area contributed by atoms with E-state index in [2.05, 4.69) is 10.4 Å². The van der Waals surface area contributed by atoms with Crippen molar-refractivity contribution in [2.24, 2.45) is 0 Å². The Morgan fingerprint density at radius 3 is 2.60 bits per heavy atom. The van der Waals surface area contributed by atoms with E-state index in [1.54, 1.807) is 24.3 Å². The quantitative estimate of drug-likeness (QED) is 0.664. The highest BCUT2D eigenvalue weighted by atomic mass is 19.1. The number of methoxy groups -OCH3 is 1. The van der Waals surface area contributed by atoms with E-state index in [1.165, 1.54) is 31.4 Å². The Balaban J connectivity index is 1.86. The van der Waals surface area contributed by atoms with E-state index >= 15 is 0 Å². The lowest BCUT2D eigenvalue weighted by molar-refractivity contribution is 0.0941. The van der Waals surface area contributed by atoms with Crippen LogP contribution in [0.2, 0.25) is 0 Å². The average Bonchev–Trinajstić information content (AvgIpc) is 3.56. The van der Waals surface area contributed by atoms with Gasteiger partial charge in [-0.1, -0.05) is 18.2 Å². The summed E-state index contributed by atoms with van der Waals surface area (Å²) in [6.07, 6.45) is 1.68. The largest absolute Gasteiger partial charge is 0.497 e. The highest BCUT2D eigenvalue weighted by Gasteiger charge is 2.27. The van der Waals surface area contributed by atoms with Gasteiger partial charge in [-0.2, -0.15) is 9.78 Å². The lowest BCUT2D eigenvalue weighted by Crippen LogP contribution is -2.46. The molecular weight excluding hydrogens is 391 g/mol. The van der Waals surface area contributed by atoms with Gasteiger partial charge in [0.2, 0.25) is 5.69 Å². The van der Waals surface area contributed by atoms with Crippen molar-refractivity contribution >= 4 is 5.91 Å². The van der Waals surface area contributed by atoms with Crippen LogP contribution >= 0.6 is 0 Å². The Hall–Kier alpha value is -3.75. The van der Waals surface area contributed by atoms with E-state index in [-0.39, 0.29) is 18.3 Å². The minimum atomic E-state index is -0.804. The highest BCUT2D eigenvalue weighted by Crippen LogP contribution is 2.19. The average molecular weight is 410 g/mol. The first-order valence-electron chi connectivity index (χ1n) is 9.40. The Morgan fingerprint density at radius 2 is 1.93 bits per heavy atom. The van der Waals surface area contributed by atoms with Gasteiger partial charge in [-0.15, -0.1) is 0 Å². The summed E-state index contributed by atoms with van der Waals surface area (Å²) in [4.78, 5) is 38.6. The smallest absolute Gasteiger partial charge is 0.352 e. The van der Waals surface area contributed by atoms with Crippen molar-refractivity contribution in [2.75, 3.05) is 7.11 Å². The van der Waals surface area contributed by atoms with E-state index < -0.39 is 23.0 Å². The number of aromatic nitrogens is 3. The van der Waals surface area contributed by atoms with Gasteiger partial charge < -0.3 is 10.1 Å². The third-order valence-electron chi connectivity index (χ3n) is 4.74. The number of carbonyl (C=O) groups excluding carboxylic acids is 1. The molecule has 1 fully saturated rings. The molecule has 1 saturated carbocycles. The Morgan fingerprint density at radius 1 is 1.20 bits per heavy atom. The first-order chi connectivity index (χ1) is 14.5. The number of amides is 1. The van der Waals surface area contributed by atoms with Crippen LogP contribution in [-0.2, 0) is 6.54 Å². The molecular formula is C21H19FN4O4. The van der Waals surface area contributed by atoms with Crippen LogP contribution in [0.25, 0.3) is 5.69 Å². The summed E-state index contributed by atoms with van der Waals surface area (Å²) >= 11 is 0. The highest BCUT2D eigenvalue weighted by molar-refractivity contribution is 5.92. The van der Waals surface area contributed by atoms with Crippen molar-refractivity contribution in [1.82, 2.24) is 19.7 Å². The molecule has 0 saturated heterocycles. The van der Waals surface area contributed by atoms with Crippen LogP contribution in [0.3, 0.4) is 0 Å². The standard InChI is InChI=1S/C21H19FN4O4/c1-30-17-4-2-3-16(11-17)26-21(29)25(12-13-5-7-14(22)8-6-13)20(28)18(24-26)19(27)23-15-9-10-15/h2-8,11,15H,9-10,12H2,1H3,(H,23,27). The molecule has 0 radical (unpaired) electrons. The molecule has 2 aromatic carbocycles. The second-order valence-electron chi connectivity index (χ2n) is 7.01. The van der Waals surface area contributed by atoms with Crippen molar-refractivity contribution in [3.63, 3.8) is 0 Å². The zero-order valence-electron chi connectivity index (χ0n) is 16.2. The molecule has 1 N–H and O–H groups in total. The van der Waals surface area contributed by atoms with Gasteiger partial charge in [-0.25, -0.2) is 9.18 Å². The summed E-state index contributed by atoms with van der Waals surface area (Å²) in [5.41, 5.74) is -1.03. The number of benzene rings is 2. The first-order valence-corrected chi connectivity index (χ1v) is 9.40. The maximum atomic E-state index is 13.2. The van der Waals surface area contributed by atoms with Gasteiger partial charge in [-0.05, 0) is 42.7 Å². The molecule has 3 aromatic rings. The molecule has 154 valence electrons. The van der Waals surface area contributed by atoms with E-state index in [4.69, 9.17) is 4.74 Å². The molecule has 1 aliphatic rings. The predicted molar refractivity (Wildman–Crippen MR) is 107 cm³/mol. The van der Waals surface area contributed by atoms with Gasteiger partial charge in [0.15, 0.2) is 0 Å². The number of carbonyl (C=O) groups is 1. The molecule has 30 heavy (non-hydrogen) atoms. The van der Waals surface area contributed by atoms with Crippen molar-refractivity contribution in [3.05, 3.63) is 86.4 Å². The third-order valence-corrected chi connectivity index (χ3v) is 4.74. The van der Waals surface area contributed by atoms with Gasteiger partial charge >= 0.3 is 5.69 Å². The number of nitrogens with one attached hydrogen (secondary N) is 1. The minimum Gasteiger partial charge on any atom is -0.497 e. The summed E-state index contributed by atoms with van der Waals surface area (Å²) in [7, 11) is 1.49. The molecule has 1 aliphatic carbocycles. The maximum Gasteiger partial charge on any atom is 0.352 e. The van der Waals surface area contributed by atoms with Crippen molar-refractivity contribution in [3.8, 4) is 11.4 Å². The zero-order chi connectivity index (χ0) is 21.3. The maximum absolute atomic E-state index is 13.2. The monoisotopic (exact) mass is 410 g/mol. The van der Waals surface area contributed by atoms with Crippen LogP contribution in [0.1, 0.15) is 28.9 Å². The molecule has 0 unspecified atom stereocenters. The second-order valence-corrected chi connectivity index (χ2v) is 7.01. The number of hydrogen-bond donors (Lipinski definition) is 1. The summed E-state index contributed by atoms with van der Waals surface area (Å²) in [6, 6.07) is 12.0. The molecule has 0 atom stereocenters. The van der Waals surface area contributed by atoms with Gasteiger partial charge in [0.1, 0.15) is 11.6 Å². The lowest BCUT2D eigenvalue weighted by atomic mass is 10.2. The van der Waals surface area contributed by atoms with Crippen molar-refractivity contribution in [1.29, 1.82) is 0 Å². The lowest BCUT2D eigenvalue weighted by Gasteiger charge is -2.13. The Kier molecular flexibility index (Phi) is 5.18.